The summed E-state index contributed by atoms with van der Waals surface area (Å²) in [6.45, 7) is 1.67. The Morgan fingerprint density at radius 1 is 1.12 bits per heavy atom. The van der Waals surface area contributed by atoms with E-state index in [0.717, 1.165) is 0 Å². The Bertz CT molecular complexity index is 816. The van der Waals surface area contributed by atoms with Gasteiger partial charge < -0.3 is 23.1 Å². The lowest BCUT2D eigenvalue weighted by atomic mass is 10.1. The lowest BCUT2D eigenvalue weighted by Crippen LogP contribution is -2.25. The number of hydrogen-bond donors (Lipinski definition) is 0. The predicted octanol–water partition coefficient (Wildman–Crippen LogP) is 2.95. The van der Waals surface area contributed by atoms with Crippen LogP contribution >= 0.6 is 0 Å². The third-order valence-electron chi connectivity index (χ3n) is 3.46. The van der Waals surface area contributed by atoms with E-state index < -0.39 is 27.3 Å². The molecule has 0 radical (unpaired) electrons. The SMILES string of the molecule is COc1cc2c(c(OC)c1OC)OC[C@H](C)C=C2OS(=O)(=O)C(F)(F)F. The first-order valence-electron chi connectivity index (χ1n) is 7.24. The topological polar surface area (TPSA) is 80.3 Å². The fraction of sp³-hybridized carbons (Fsp3) is 0.467. The molecule has 1 heterocycles. The highest BCUT2D eigenvalue weighted by Gasteiger charge is 2.49. The number of hydrogen-bond acceptors (Lipinski definition) is 7. The van der Waals surface area contributed by atoms with Gasteiger partial charge in [0.1, 0.15) is 0 Å². The van der Waals surface area contributed by atoms with E-state index in [-0.39, 0.29) is 35.2 Å². The molecule has 0 saturated heterocycles. The first-order chi connectivity index (χ1) is 12.1. The third-order valence-corrected chi connectivity index (χ3v) is 4.43. The zero-order valence-corrected chi connectivity index (χ0v) is 15.2. The van der Waals surface area contributed by atoms with Gasteiger partial charge in [-0.1, -0.05) is 6.92 Å². The van der Waals surface area contributed by atoms with E-state index in [1.54, 1.807) is 6.92 Å². The zero-order chi connectivity index (χ0) is 19.7. The second-order valence-corrected chi connectivity index (χ2v) is 6.86. The summed E-state index contributed by atoms with van der Waals surface area (Å²) >= 11 is 0. The van der Waals surface area contributed by atoms with Crippen LogP contribution in [0.4, 0.5) is 13.2 Å². The Morgan fingerprint density at radius 2 is 1.73 bits per heavy atom. The van der Waals surface area contributed by atoms with E-state index in [2.05, 4.69) is 4.18 Å². The van der Waals surface area contributed by atoms with Crippen molar-refractivity contribution in [2.75, 3.05) is 27.9 Å². The van der Waals surface area contributed by atoms with Crippen LogP contribution in [0.2, 0.25) is 0 Å². The monoisotopic (exact) mass is 398 g/mol. The van der Waals surface area contributed by atoms with Gasteiger partial charge in [0.05, 0.1) is 33.5 Å². The molecule has 0 unspecified atom stereocenters. The quantitative estimate of drug-likeness (QED) is 0.557. The fourth-order valence-electron chi connectivity index (χ4n) is 2.31. The average molecular weight is 398 g/mol. The van der Waals surface area contributed by atoms with Crippen LogP contribution in [0.25, 0.3) is 5.76 Å². The Labute approximate surface area is 148 Å². The summed E-state index contributed by atoms with van der Waals surface area (Å²) in [5.41, 5.74) is -5.65. The number of rotatable bonds is 5. The van der Waals surface area contributed by atoms with E-state index >= 15 is 0 Å². The highest BCUT2D eigenvalue weighted by Crippen LogP contribution is 2.50. The molecule has 1 aromatic rings. The minimum absolute atomic E-state index is 0.0156. The molecule has 0 N–H and O–H groups in total. The second-order valence-electron chi connectivity index (χ2n) is 5.32. The molecular weight excluding hydrogens is 381 g/mol. The highest BCUT2D eigenvalue weighted by atomic mass is 32.2. The van der Waals surface area contributed by atoms with E-state index in [1.807, 2.05) is 0 Å². The van der Waals surface area contributed by atoms with Crippen molar-refractivity contribution < 1.29 is 44.7 Å². The minimum atomic E-state index is -5.87. The molecule has 1 aliphatic heterocycles. The van der Waals surface area contributed by atoms with Gasteiger partial charge in [0.25, 0.3) is 0 Å². The van der Waals surface area contributed by atoms with E-state index in [0.29, 0.717) is 0 Å². The van der Waals surface area contributed by atoms with Gasteiger partial charge in [-0.2, -0.15) is 21.6 Å². The normalized spacial score (nSPS) is 17.3. The Balaban J connectivity index is 2.70. The van der Waals surface area contributed by atoms with Crippen molar-refractivity contribution in [3.63, 3.8) is 0 Å². The molecule has 1 atom stereocenters. The van der Waals surface area contributed by atoms with Crippen LogP contribution in [0.5, 0.6) is 23.0 Å². The predicted molar refractivity (Wildman–Crippen MR) is 84.8 cm³/mol. The van der Waals surface area contributed by atoms with Gasteiger partial charge in [-0.3, -0.25) is 0 Å². The summed E-state index contributed by atoms with van der Waals surface area (Å²) in [5.74, 6) is -0.724. The molecule has 146 valence electrons. The van der Waals surface area contributed by atoms with Crippen LogP contribution in [0.3, 0.4) is 0 Å². The molecule has 0 spiro atoms. The summed E-state index contributed by atoms with van der Waals surface area (Å²) < 4.78 is 86.6. The second kappa shape index (κ2) is 7.14. The summed E-state index contributed by atoms with van der Waals surface area (Å²) in [7, 11) is -1.93. The minimum Gasteiger partial charge on any atom is -0.493 e. The first kappa shape index (κ1) is 20.0. The number of methoxy groups -OCH3 is 3. The van der Waals surface area contributed by atoms with Gasteiger partial charge in [-0.15, -0.1) is 0 Å². The van der Waals surface area contributed by atoms with Crippen molar-refractivity contribution in [2.24, 2.45) is 5.92 Å². The van der Waals surface area contributed by atoms with Crippen LogP contribution in [0.1, 0.15) is 12.5 Å². The number of alkyl halides is 3. The maximum atomic E-state index is 12.7. The van der Waals surface area contributed by atoms with Crippen molar-refractivity contribution in [1.82, 2.24) is 0 Å². The molecule has 1 aliphatic rings. The lowest BCUT2D eigenvalue weighted by Gasteiger charge is -2.19. The molecule has 0 fully saturated rings. The number of halogens is 3. The van der Waals surface area contributed by atoms with Crippen LogP contribution in [0, 0.1) is 5.92 Å². The molecule has 7 nitrogen and oxygen atoms in total. The summed E-state index contributed by atoms with van der Waals surface area (Å²) in [6.07, 6.45) is 1.22. The third kappa shape index (κ3) is 3.62. The van der Waals surface area contributed by atoms with E-state index in [4.69, 9.17) is 18.9 Å². The Kier molecular flexibility index (Phi) is 5.49. The molecule has 0 saturated carbocycles. The lowest BCUT2D eigenvalue weighted by molar-refractivity contribution is -0.0509. The van der Waals surface area contributed by atoms with Gasteiger partial charge >= 0.3 is 15.6 Å². The number of benzene rings is 1. The van der Waals surface area contributed by atoms with Gasteiger partial charge in [0.2, 0.25) is 11.5 Å². The van der Waals surface area contributed by atoms with Crippen LogP contribution in [0.15, 0.2) is 12.1 Å². The Hall–Kier alpha value is -2.30. The average Bonchev–Trinajstić information content (AvgIpc) is 2.70. The van der Waals surface area contributed by atoms with Crippen LogP contribution in [-0.4, -0.2) is 41.9 Å². The van der Waals surface area contributed by atoms with Crippen molar-refractivity contribution in [1.29, 1.82) is 0 Å². The van der Waals surface area contributed by atoms with Crippen molar-refractivity contribution in [2.45, 2.75) is 12.4 Å². The van der Waals surface area contributed by atoms with Crippen molar-refractivity contribution >= 4 is 15.9 Å². The van der Waals surface area contributed by atoms with Crippen molar-refractivity contribution in [3.05, 3.63) is 17.7 Å². The molecule has 0 bridgehead atoms. The summed E-state index contributed by atoms with van der Waals surface area (Å²) in [5, 5.41) is 0. The zero-order valence-electron chi connectivity index (χ0n) is 14.3. The summed E-state index contributed by atoms with van der Waals surface area (Å²) in [6, 6.07) is 1.26. The molecule has 0 amide bonds. The van der Waals surface area contributed by atoms with E-state index in [1.165, 1.54) is 33.5 Å². The van der Waals surface area contributed by atoms with Gasteiger partial charge in [0, 0.05) is 5.92 Å². The molecule has 1 aromatic carbocycles. The van der Waals surface area contributed by atoms with Gasteiger partial charge in [-0.25, -0.2) is 0 Å². The highest BCUT2D eigenvalue weighted by molar-refractivity contribution is 7.87. The molecule has 26 heavy (non-hydrogen) atoms. The van der Waals surface area contributed by atoms with Gasteiger partial charge in [-0.05, 0) is 12.1 Å². The summed E-state index contributed by atoms with van der Waals surface area (Å²) in [4.78, 5) is 0. The molecule has 0 aromatic heterocycles. The van der Waals surface area contributed by atoms with Crippen molar-refractivity contribution in [3.8, 4) is 23.0 Å². The molecular formula is C15H17F3O7S. The number of ether oxygens (including phenoxy) is 4. The largest absolute Gasteiger partial charge is 0.534 e. The maximum absolute atomic E-state index is 12.7. The van der Waals surface area contributed by atoms with Crippen LogP contribution in [-0.2, 0) is 14.3 Å². The molecule has 2 rings (SSSR count). The van der Waals surface area contributed by atoms with E-state index in [9.17, 15) is 21.6 Å². The molecule has 0 aliphatic carbocycles. The number of fused-ring (bicyclic) bond motifs is 1. The first-order valence-corrected chi connectivity index (χ1v) is 8.65. The smallest absolute Gasteiger partial charge is 0.493 e. The Morgan fingerprint density at radius 3 is 2.23 bits per heavy atom. The van der Waals surface area contributed by atoms with Crippen LogP contribution < -0.4 is 18.9 Å². The standard InChI is InChI=1S/C15H17F3O7S/c1-8-5-10(25-26(19,20)15(16,17)18)9-6-11(21-2)13(22-3)14(23-4)12(9)24-7-8/h5-6,8H,7H2,1-4H3/t8-/m1/s1. The molecule has 11 heteroatoms. The maximum Gasteiger partial charge on any atom is 0.534 e. The fourth-order valence-corrected chi connectivity index (χ4v) is 2.78. The van der Waals surface area contributed by atoms with Gasteiger partial charge in [0.15, 0.2) is 17.3 Å².